The van der Waals surface area contributed by atoms with Crippen LogP contribution in [-0.4, -0.2) is 115 Å². The third-order valence-corrected chi connectivity index (χ3v) is 8.96. The molecule has 4 N–H and O–H groups in total. The molecule has 17 nitrogen and oxygen atoms in total. The Morgan fingerprint density at radius 2 is 1.77 bits per heavy atom. The number of fused-ring (bicyclic) bond motifs is 2. The first-order chi connectivity index (χ1) is 20.9. The molecule has 1 unspecified atom stereocenters. The number of nitrogens with zero attached hydrogens (tertiary/aromatic N) is 6. The van der Waals surface area contributed by atoms with Crippen LogP contribution in [0.25, 0.3) is 5.57 Å². The van der Waals surface area contributed by atoms with Crippen LogP contribution < -0.4 is 5.32 Å². The number of rotatable bonds is 12. The number of benzene rings is 1. The van der Waals surface area contributed by atoms with Crippen molar-refractivity contribution in [3.05, 3.63) is 46.9 Å². The summed E-state index contributed by atoms with van der Waals surface area (Å²) < 4.78 is 0.881. The van der Waals surface area contributed by atoms with E-state index in [1.165, 1.54) is 12.1 Å². The first kappa shape index (κ1) is 30.4. The highest BCUT2D eigenvalue weighted by molar-refractivity contribution is 8.00. The highest BCUT2D eigenvalue weighted by atomic mass is 32.2. The van der Waals surface area contributed by atoms with E-state index in [1.807, 2.05) is 0 Å². The van der Waals surface area contributed by atoms with E-state index >= 15 is 0 Å². The number of tetrazole rings is 1. The minimum Gasteiger partial charge on any atom is -0.480 e. The Labute approximate surface area is 255 Å². The highest BCUT2D eigenvalue weighted by Crippen LogP contribution is 2.47. The van der Waals surface area contributed by atoms with Crippen LogP contribution in [0, 0.1) is 0 Å². The molecule has 1 aromatic carbocycles. The Morgan fingerprint density at radius 1 is 1.11 bits per heavy atom. The van der Waals surface area contributed by atoms with Crippen LogP contribution >= 0.6 is 24.0 Å². The molecule has 0 radical (unpaired) electrons. The number of aliphatic carboxylic acids is 3. The van der Waals surface area contributed by atoms with Gasteiger partial charge in [-0.05, 0) is 35.4 Å². The quantitative estimate of drug-likeness (QED) is 0.126. The molecule has 3 atom stereocenters. The lowest BCUT2D eigenvalue weighted by molar-refractivity contribution is -0.153. The molecule has 0 saturated carbocycles. The van der Waals surface area contributed by atoms with Crippen molar-refractivity contribution in [1.82, 2.24) is 35.3 Å². The second kappa shape index (κ2) is 11.6. The van der Waals surface area contributed by atoms with Gasteiger partial charge in [0.1, 0.15) is 23.7 Å². The van der Waals surface area contributed by atoms with E-state index in [0.29, 0.717) is 4.90 Å². The summed E-state index contributed by atoms with van der Waals surface area (Å²) in [6, 6.07) is 4.39. The number of amides is 4. The molecule has 3 aliphatic heterocycles. The molecule has 0 spiro atoms. The van der Waals surface area contributed by atoms with Crippen LogP contribution in [-0.2, 0) is 30.5 Å². The molecular formula is C25H21N7O10S2. The number of carbonyl (C=O) groups excluding carboxylic acids is 4. The summed E-state index contributed by atoms with van der Waals surface area (Å²) in [5, 5.41) is 42.1. The van der Waals surface area contributed by atoms with Gasteiger partial charge < -0.3 is 20.6 Å². The van der Waals surface area contributed by atoms with E-state index in [1.54, 1.807) is 12.1 Å². The zero-order valence-electron chi connectivity index (χ0n) is 22.3. The summed E-state index contributed by atoms with van der Waals surface area (Å²) >= 11 is 6.12. The molecule has 0 bridgehead atoms. The van der Waals surface area contributed by atoms with Crippen molar-refractivity contribution in [1.29, 1.82) is 0 Å². The Hall–Kier alpha value is -5.04. The van der Waals surface area contributed by atoms with Crippen LogP contribution in [0.2, 0.25) is 0 Å². The fourth-order valence-corrected chi connectivity index (χ4v) is 7.07. The molecular weight excluding hydrogens is 622 g/mol. The molecule has 3 aliphatic rings. The van der Waals surface area contributed by atoms with Gasteiger partial charge in [-0.15, -0.1) is 16.9 Å². The monoisotopic (exact) mass is 643 g/mol. The lowest BCUT2D eigenvalue weighted by Crippen LogP contribution is -2.80. The number of β-lactam (4-membered cyclic amide) rings is 1. The molecule has 1 saturated heterocycles. The Bertz CT molecular complexity index is 1660. The number of hydrogen-bond acceptors (Lipinski definition) is 12. The van der Waals surface area contributed by atoms with Gasteiger partial charge in [-0.2, -0.15) is 0 Å². The van der Waals surface area contributed by atoms with E-state index in [0.717, 1.165) is 26.7 Å². The highest BCUT2D eigenvalue weighted by Gasteiger charge is 2.64. The first-order valence-electron chi connectivity index (χ1n) is 12.8. The summed E-state index contributed by atoms with van der Waals surface area (Å²) in [6.45, 7) is -0.656. The van der Waals surface area contributed by atoms with E-state index in [4.69, 9.17) is 17.3 Å². The molecule has 1 aromatic heterocycles. The number of nitrogens with one attached hydrogen (secondary N) is 1. The number of imide groups is 1. The fourth-order valence-electron chi connectivity index (χ4n) is 5.26. The van der Waals surface area contributed by atoms with Crippen molar-refractivity contribution < 1.29 is 48.9 Å². The van der Waals surface area contributed by atoms with Crippen LogP contribution in [0.15, 0.2) is 30.0 Å². The lowest BCUT2D eigenvalue weighted by atomic mass is 9.87. The lowest BCUT2D eigenvalue weighted by Gasteiger charge is -2.55. The van der Waals surface area contributed by atoms with Crippen molar-refractivity contribution in [3.63, 3.8) is 0 Å². The third kappa shape index (κ3) is 4.88. The average Bonchev–Trinajstić information content (AvgIpc) is 3.54. The van der Waals surface area contributed by atoms with Crippen LogP contribution in [0.5, 0.6) is 0 Å². The molecule has 5 rings (SSSR count). The van der Waals surface area contributed by atoms with E-state index in [-0.39, 0.29) is 47.5 Å². The van der Waals surface area contributed by atoms with Gasteiger partial charge in [-0.3, -0.25) is 33.8 Å². The molecule has 0 aliphatic carbocycles. The Balaban J connectivity index is 1.28. The van der Waals surface area contributed by atoms with Crippen molar-refractivity contribution in [2.75, 3.05) is 5.75 Å². The number of carbonyl (C=O) groups is 7. The van der Waals surface area contributed by atoms with Gasteiger partial charge in [0.15, 0.2) is 11.4 Å². The van der Waals surface area contributed by atoms with E-state index < -0.39 is 70.7 Å². The Kier molecular flexibility index (Phi) is 8.00. The van der Waals surface area contributed by atoms with E-state index in [9.17, 15) is 43.8 Å². The van der Waals surface area contributed by atoms with Gasteiger partial charge >= 0.3 is 17.9 Å². The molecule has 2 aromatic rings. The number of thiocarbonyl (C=S) groups is 1. The van der Waals surface area contributed by atoms with Crippen LogP contribution in [0.4, 0.5) is 0 Å². The molecule has 19 heteroatoms. The SMILES string of the molecule is O=C(O)Cn1nnnc1C1=C(C(=O)O)N2C(=O)[C@@](C=S)(NC(=O)CCCC(C(=O)O)N3C(=O)c4ccccc4C3=O)[C@@H]2SC1. The summed E-state index contributed by atoms with van der Waals surface area (Å²) in [7, 11) is 0. The minimum atomic E-state index is -1.77. The maximum atomic E-state index is 13.4. The van der Waals surface area contributed by atoms with Gasteiger partial charge in [0.2, 0.25) is 5.91 Å². The molecule has 228 valence electrons. The number of carboxylic acid groups (broad SMARTS) is 3. The van der Waals surface area contributed by atoms with Crippen LogP contribution in [0.1, 0.15) is 45.8 Å². The normalized spacial score (nSPS) is 21.4. The number of carboxylic acids is 3. The first-order valence-corrected chi connectivity index (χ1v) is 14.3. The van der Waals surface area contributed by atoms with Crippen molar-refractivity contribution in [2.24, 2.45) is 0 Å². The number of thioether (sulfide) groups is 1. The molecule has 4 heterocycles. The van der Waals surface area contributed by atoms with Crippen molar-refractivity contribution >= 4 is 76.5 Å². The summed E-state index contributed by atoms with van der Waals surface area (Å²) in [5.41, 5.74) is -2.11. The smallest absolute Gasteiger partial charge is 0.353 e. The molecule has 44 heavy (non-hydrogen) atoms. The second-order valence-corrected chi connectivity index (χ2v) is 11.1. The van der Waals surface area contributed by atoms with Crippen LogP contribution in [0.3, 0.4) is 0 Å². The van der Waals surface area contributed by atoms with E-state index in [2.05, 4.69) is 20.8 Å². The second-order valence-electron chi connectivity index (χ2n) is 9.83. The maximum absolute atomic E-state index is 13.4. The van der Waals surface area contributed by atoms with Gasteiger partial charge in [0.05, 0.1) is 11.1 Å². The van der Waals surface area contributed by atoms with Gasteiger partial charge in [0.25, 0.3) is 17.7 Å². The predicted octanol–water partition coefficient (Wildman–Crippen LogP) is -0.757. The van der Waals surface area contributed by atoms with Gasteiger partial charge in [-0.1, -0.05) is 24.4 Å². The topological polar surface area (TPSA) is 242 Å². The molecule has 1 fully saturated rings. The summed E-state index contributed by atoms with van der Waals surface area (Å²) in [5.74, 6) is -7.53. The Morgan fingerprint density at radius 3 is 2.34 bits per heavy atom. The van der Waals surface area contributed by atoms with Gasteiger partial charge in [-0.25, -0.2) is 14.3 Å². The number of hydrogen-bond donors (Lipinski definition) is 4. The predicted molar refractivity (Wildman–Crippen MR) is 150 cm³/mol. The van der Waals surface area contributed by atoms with Crippen molar-refractivity contribution in [2.45, 2.75) is 42.8 Å². The molecule has 4 amide bonds. The average molecular weight is 644 g/mol. The minimum absolute atomic E-state index is 0.00415. The third-order valence-electron chi connectivity index (χ3n) is 7.23. The van der Waals surface area contributed by atoms with Crippen molar-refractivity contribution in [3.8, 4) is 0 Å². The standard InChI is InChI=1S/C25H21N7O10S2/c33-15(7-3-6-14(21(38)39)31-19(36)11-4-1-2-5-12(11)20(31)37)26-25(10-43)23(42)32-17(22(40)41)13(9-44-24(25)32)18-27-28-29-30(18)8-16(34)35/h1-2,4-5,10,14,24H,3,6-9H2,(H,26,33)(H,34,35)(H,38,39)(H,40,41)/t14?,24-,25+/m0/s1. The maximum Gasteiger partial charge on any atom is 0.353 e. The summed E-state index contributed by atoms with van der Waals surface area (Å²) in [4.78, 5) is 88.8. The zero-order valence-corrected chi connectivity index (χ0v) is 23.9. The fraction of sp³-hybridized carbons (Fsp3) is 0.320. The zero-order chi connectivity index (χ0) is 31.9. The number of aromatic nitrogens is 4. The largest absolute Gasteiger partial charge is 0.480 e. The summed E-state index contributed by atoms with van der Waals surface area (Å²) in [6.07, 6.45) is -0.646. The van der Waals surface area contributed by atoms with Gasteiger partial charge in [0, 0.05) is 23.1 Å².